The number of nitrogens with zero attached hydrogens (tertiary/aromatic N) is 4. The summed E-state index contributed by atoms with van der Waals surface area (Å²) < 4.78 is 1.74. The molecule has 2 heterocycles. The number of thiophene rings is 1. The molecule has 0 spiro atoms. The van der Waals surface area contributed by atoms with Gasteiger partial charge in [-0.15, -0.1) is 11.3 Å². The maximum atomic E-state index is 4.26. The van der Waals surface area contributed by atoms with Crippen LogP contribution in [0.4, 0.5) is 0 Å². The van der Waals surface area contributed by atoms with E-state index in [1.807, 2.05) is 12.1 Å². The average Bonchev–Trinajstić information content (AvgIpc) is 3.32. The molecule has 3 aromatic rings. The van der Waals surface area contributed by atoms with E-state index in [1.54, 1.807) is 29.4 Å². The van der Waals surface area contributed by atoms with Gasteiger partial charge in [0.1, 0.15) is 12.7 Å². The summed E-state index contributed by atoms with van der Waals surface area (Å²) in [5.74, 6) is 0.812. The molecule has 0 fully saturated rings. The van der Waals surface area contributed by atoms with Gasteiger partial charge < -0.3 is 10.6 Å². The summed E-state index contributed by atoms with van der Waals surface area (Å²) >= 11 is 1.78. The van der Waals surface area contributed by atoms with Crippen LogP contribution in [0.2, 0.25) is 0 Å². The van der Waals surface area contributed by atoms with Gasteiger partial charge in [-0.05, 0) is 35.6 Å². The molecular formula is C17H20N6S. The number of aromatic nitrogens is 3. The first-order chi connectivity index (χ1) is 11.8. The number of hydrogen-bond donors (Lipinski definition) is 2. The number of guanidine groups is 1. The van der Waals surface area contributed by atoms with Crippen LogP contribution in [0.1, 0.15) is 10.4 Å². The normalized spacial score (nSPS) is 11.5. The smallest absolute Gasteiger partial charge is 0.191 e. The lowest BCUT2D eigenvalue weighted by Crippen LogP contribution is -2.37. The molecule has 0 aliphatic rings. The van der Waals surface area contributed by atoms with Crippen molar-refractivity contribution >= 4 is 17.3 Å². The fraction of sp³-hybridized carbons (Fsp3) is 0.235. The molecule has 6 nitrogen and oxygen atoms in total. The van der Waals surface area contributed by atoms with Crippen molar-refractivity contribution in [1.29, 1.82) is 0 Å². The first kappa shape index (κ1) is 16.2. The van der Waals surface area contributed by atoms with Gasteiger partial charge >= 0.3 is 0 Å². The Kier molecular flexibility index (Phi) is 5.57. The Hall–Kier alpha value is -2.67. The van der Waals surface area contributed by atoms with Crippen LogP contribution in [0.5, 0.6) is 0 Å². The number of aliphatic imine (C=N–C) groups is 1. The Bertz CT molecular complexity index is 747. The van der Waals surface area contributed by atoms with Crippen LogP contribution < -0.4 is 10.6 Å². The summed E-state index contributed by atoms with van der Waals surface area (Å²) in [6, 6.07) is 12.4. The van der Waals surface area contributed by atoms with Crippen LogP contribution in [0.15, 0.2) is 59.4 Å². The summed E-state index contributed by atoms with van der Waals surface area (Å²) in [6.45, 7) is 1.59. The quantitative estimate of drug-likeness (QED) is 0.533. The molecule has 24 heavy (non-hydrogen) atoms. The van der Waals surface area contributed by atoms with Gasteiger partial charge in [0, 0.05) is 25.0 Å². The van der Waals surface area contributed by atoms with E-state index >= 15 is 0 Å². The van der Waals surface area contributed by atoms with Crippen molar-refractivity contribution in [3.8, 4) is 5.69 Å². The third-order valence-corrected chi connectivity index (χ3v) is 4.48. The molecule has 1 aromatic carbocycles. The molecule has 3 rings (SSSR count). The van der Waals surface area contributed by atoms with Crippen LogP contribution in [0.25, 0.3) is 5.69 Å². The van der Waals surface area contributed by atoms with Crippen LogP contribution in [-0.4, -0.2) is 34.3 Å². The summed E-state index contributed by atoms with van der Waals surface area (Å²) in [6.07, 6.45) is 4.22. The van der Waals surface area contributed by atoms with Crippen LogP contribution in [0, 0.1) is 0 Å². The predicted octanol–water partition coefficient (Wildman–Crippen LogP) is 2.24. The summed E-state index contributed by atoms with van der Waals surface area (Å²) in [7, 11) is 1.79. The van der Waals surface area contributed by atoms with Gasteiger partial charge in [-0.1, -0.05) is 18.2 Å². The number of benzene rings is 1. The van der Waals surface area contributed by atoms with E-state index in [2.05, 4.69) is 55.4 Å². The molecule has 0 aliphatic heterocycles. The Morgan fingerprint density at radius 3 is 2.75 bits per heavy atom. The SMILES string of the molecule is CN=C(NCCc1cccs1)NCc1ccc(-n2cncn2)cc1. The average molecular weight is 340 g/mol. The van der Waals surface area contributed by atoms with Gasteiger partial charge in [0.05, 0.1) is 5.69 Å². The molecular weight excluding hydrogens is 320 g/mol. The number of rotatable bonds is 6. The van der Waals surface area contributed by atoms with Gasteiger partial charge in [0.25, 0.3) is 0 Å². The summed E-state index contributed by atoms with van der Waals surface area (Å²) in [4.78, 5) is 9.59. The zero-order chi connectivity index (χ0) is 16.6. The first-order valence-electron chi connectivity index (χ1n) is 7.76. The van der Waals surface area contributed by atoms with Crippen molar-refractivity contribution in [3.05, 3.63) is 64.9 Å². The highest BCUT2D eigenvalue weighted by molar-refractivity contribution is 7.09. The van der Waals surface area contributed by atoms with E-state index in [4.69, 9.17) is 0 Å². The van der Waals surface area contributed by atoms with Crippen LogP contribution >= 0.6 is 11.3 Å². The first-order valence-corrected chi connectivity index (χ1v) is 8.64. The maximum Gasteiger partial charge on any atom is 0.191 e. The Morgan fingerprint density at radius 2 is 2.08 bits per heavy atom. The molecule has 0 saturated heterocycles. The third-order valence-electron chi connectivity index (χ3n) is 3.55. The lowest BCUT2D eigenvalue weighted by Gasteiger charge is -2.12. The highest BCUT2D eigenvalue weighted by Crippen LogP contribution is 2.09. The highest BCUT2D eigenvalue weighted by Gasteiger charge is 2.01. The van der Waals surface area contributed by atoms with Crippen molar-refractivity contribution < 1.29 is 0 Å². The fourth-order valence-corrected chi connectivity index (χ4v) is 2.98. The van der Waals surface area contributed by atoms with E-state index in [1.165, 1.54) is 16.8 Å². The van der Waals surface area contributed by atoms with Crippen molar-refractivity contribution in [2.45, 2.75) is 13.0 Å². The Morgan fingerprint density at radius 1 is 1.21 bits per heavy atom. The standard InChI is InChI=1S/C17H20N6S/c1-18-17(20-9-8-16-3-2-10-24-16)21-11-14-4-6-15(7-5-14)23-13-19-12-22-23/h2-7,10,12-13H,8-9,11H2,1H3,(H2,18,20,21). The van der Waals surface area contributed by atoms with Crippen molar-refractivity contribution in [1.82, 2.24) is 25.4 Å². The molecule has 124 valence electrons. The van der Waals surface area contributed by atoms with Gasteiger partial charge in [-0.3, -0.25) is 4.99 Å². The van der Waals surface area contributed by atoms with Crippen molar-refractivity contribution in [2.24, 2.45) is 4.99 Å². The molecule has 2 aromatic heterocycles. The van der Waals surface area contributed by atoms with E-state index in [0.717, 1.165) is 31.2 Å². The van der Waals surface area contributed by atoms with Gasteiger partial charge in [-0.2, -0.15) is 5.10 Å². The predicted molar refractivity (Wildman–Crippen MR) is 97.6 cm³/mol. The zero-order valence-electron chi connectivity index (χ0n) is 13.5. The van der Waals surface area contributed by atoms with Crippen LogP contribution in [0.3, 0.4) is 0 Å². The lowest BCUT2D eigenvalue weighted by atomic mass is 10.2. The van der Waals surface area contributed by atoms with Crippen molar-refractivity contribution in [3.63, 3.8) is 0 Å². The minimum Gasteiger partial charge on any atom is -0.356 e. The molecule has 0 amide bonds. The zero-order valence-corrected chi connectivity index (χ0v) is 14.3. The van der Waals surface area contributed by atoms with E-state index < -0.39 is 0 Å². The molecule has 0 bridgehead atoms. The second kappa shape index (κ2) is 8.26. The largest absolute Gasteiger partial charge is 0.356 e. The van der Waals surface area contributed by atoms with Gasteiger partial charge in [-0.25, -0.2) is 9.67 Å². The second-order valence-corrected chi connectivity index (χ2v) is 6.22. The molecule has 0 atom stereocenters. The second-order valence-electron chi connectivity index (χ2n) is 5.19. The topological polar surface area (TPSA) is 67.1 Å². The van der Waals surface area contributed by atoms with Gasteiger partial charge in [0.2, 0.25) is 0 Å². The molecule has 0 saturated carbocycles. The molecule has 0 aliphatic carbocycles. The van der Waals surface area contributed by atoms with Crippen LogP contribution in [-0.2, 0) is 13.0 Å². The minimum absolute atomic E-state index is 0.719. The minimum atomic E-state index is 0.719. The van der Waals surface area contributed by atoms with Gasteiger partial charge in [0.15, 0.2) is 5.96 Å². The lowest BCUT2D eigenvalue weighted by molar-refractivity contribution is 0.798. The number of hydrogen-bond acceptors (Lipinski definition) is 4. The molecule has 0 radical (unpaired) electrons. The Balaban J connectivity index is 1.46. The molecule has 0 unspecified atom stereocenters. The monoisotopic (exact) mass is 340 g/mol. The molecule has 7 heteroatoms. The Labute approximate surface area is 145 Å². The van der Waals surface area contributed by atoms with E-state index in [-0.39, 0.29) is 0 Å². The van der Waals surface area contributed by atoms with E-state index in [0.29, 0.717) is 0 Å². The third kappa shape index (κ3) is 4.42. The maximum absolute atomic E-state index is 4.26. The number of nitrogens with one attached hydrogen (secondary N) is 2. The fourth-order valence-electron chi connectivity index (χ4n) is 2.27. The van der Waals surface area contributed by atoms with Crippen molar-refractivity contribution in [2.75, 3.05) is 13.6 Å². The highest BCUT2D eigenvalue weighted by atomic mass is 32.1. The summed E-state index contributed by atoms with van der Waals surface area (Å²) in [5.41, 5.74) is 2.18. The van der Waals surface area contributed by atoms with E-state index in [9.17, 15) is 0 Å². The molecule has 2 N–H and O–H groups in total. The summed E-state index contributed by atoms with van der Waals surface area (Å²) in [5, 5.41) is 12.9.